The van der Waals surface area contributed by atoms with Crippen LogP contribution in [0.3, 0.4) is 0 Å². The van der Waals surface area contributed by atoms with Crippen molar-refractivity contribution in [1.29, 1.82) is 0 Å². The van der Waals surface area contributed by atoms with Gasteiger partial charge in [-0.25, -0.2) is 37.1 Å². The van der Waals surface area contributed by atoms with Gasteiger partial charge in [-0.2, -0.15) is 0 Å². The van der Waals surface area contributed by atoms with Crippen LogP contribution >= 0.6 is 0 Å². The molecule has 0 amide bonds. The summed E-state index contributed by atoms with van der Waals surface area (Å²) in [5, 5.41) is 7.00. The standard InChI is InChI=1S/C16H14F4O7.C3H6N2.CH4O/c1-23-5(21)3-25-4-6(22)26-16-14-8-7(13(27-14)15(16)24-2)9(17)11(19)12(20)10(8)18;1-4-3-5-2;1-2/h13-16H,3-4H2,1-2H3;1-2H3;2H,1H3/t13-,14?,15+,16?;;/m0../s1. The van der Waals surface area contributed by atoms with E-state index in [-0.39, 0.29) is 0 Å². The molecule has 1 fully saturated rings. The summed E-state index contributed by atoms with van der Waals surface area (Å²) in [6, 6.07) is 2.36. The van der Waals surface area contributed by atoms with E-state index in [1.165, 1.54) is 7.11 Å². The first kappa shape index (κ1) is 29.1. The van der Waals surface area contributed by atoms with Gasteiger partial charge in [-0.3, -0.25) is 0 Å². The number of ether oxygens (including phenoxy) is 5. The zero-order valence-electron chi connectivity index (χ0n) is 18.9. The van der Waals surface area contributed by atoms with Crippen LogP contribution in [0.25, 0.3) is 0 Å². The fourth-order valence-corrected chi connectivity index (χ4v) is 3.29. The molecular formula is C20H24F4N2O8. The van der Waals surface area contributed by atoms with E-state index in [0.717, 1.165) is 14.2 Å². The van der Waals surface area contributed by atoms with Crippen molar-refractivity contribution in [3.05, 3.63) is 34.4 Å². The van der Waals surface area contributed by atoms with E-state index in [1.54, 1.807) is 14.1 Å². The molecule has 2 aliphatic heterocycles. The number of fused-ring (bicyclic) bond motifs is 5. The van der Waals surface area contributed by atoms with Crippen LogP contribution in [0, 0.1) is 23.3 Å². The summed E-state index contributed by atoms with van der Waals surface area (Å²) in [5.41, 5.74) is -1.06. The van der Waals surface area contributed by atoms with Gasteiger partial charge in [0, 0.05) is 39.4 Å². The molecular weight excluding hydrogens is 472 g/mol. The Morgan fingerprint density at radius 3 is 1.76 bits per heavy atom. The molecule has 1 saturated heterocycles. The third kappa shape index (κ3) is 6.15. The molecule has 4 atom stereocenters. The summed E-state index contributed by atoms with van der Waals surface area (Å²) in [6.45, 7) is -1.14. The lowest BCUT2D eigenvalue weighted by molar-refractivity contribution is -0.164. The highest BCUT2D eigenvalue weighted by Gasteiger charge is 2.58. The van der Waals surface area contributed by atoms with Crippen LogP contribution in [0.15, 0.2) is 9.98 Å². The average molecular weight is 496 g/mol. The molecule has 1 aromatic carbocycles. The molecule has 0 radical (unpaired) electrons. The molecule has 1 N–H and O–H groups in total. The second-order valence-electron chi connectivity index (χ2n) is 6.33. The number of carbonyl (C=O) groups excluding carboxylic acids is 2. The minimum atomic E-state index is -1.98. The molecule has 190 valence electrons. The number of esters is 2. The van der Waals surface area contributed by atoms with Crippen molar-refractivity contribution in [1.82, 2.24) is 0 Å². The van der Waals surface area contributed by atoms with Crippen LogP contribution in [0.2, 0.25) is 0 Å². The zero-order valence-corrected chi connectivity index (χ0v) is 18.9. The SMILES string of the molecule is CN=C=NC.CO.COC(=O)COCC(=O)OC1C2O[C@@H](c3c(F)c(F)c(F)c(F)c32)[C@H]1OC. The van der Waals surface area contributed by atoms with Crippen molar-refractivity contribution in [2.24, 2.45) is 9.98 Å². The summed E-state index contributed by atoms with van der Waals surface area (Å²) < 4.78 is 80.0. The van der Waals surface area contributed by atoms with Gasteiger partial charge in [0.1, 0.15) is 31.5 Å². The third-order valence-corrected chi connectivity index (χ3v) is 4.53. The monoisotopic (exact) mass is 496 g/mol. The highest BCUT2D eigenvalue weighted by atomic mass is 19.2. The maximum absolute atomic E-state index is 14.2. The van der Waals surface area contributed by atoms with Crippen LogP contribution in [0.5, 0.6) is 0 Å². The minimum Gasteiger partial charge on any atom is -0.467 e. The number of aliphatic imine (C=N–C) groups is 2. The molecule has 14 heteroatoms. The molecule has 3 rings (SSSR count). The Balaban J connectivity index is 0.000000733. The van der Waals surface area contributed by atoms with Gasteiger partial charge in [-0.05, 0) is 0 Å². The number of rotatable bonds is 6. The number of hydrogen-bond donors (Lipinski definition) is 1. The number of aliphatic hydroxyl groups excluding tert-OH is 1. The predicted octanol–water partition coefficient (Wildman–Crippen LogP) is 1.51. The van der Waals surface area contributed by atoms with E-state index >= 15 is 0 Å². The normalized spacial score (nSPS) is 21.1. The number of methoxy groups -OCH3 is 2. The summed E-state index contributed by atoms with van der Waals surface area (Å²) in [5.74, 6) is -8.81. The molecule has 0 spiro atoms. The lowest BCUT2D eigenvalue weighted by Crippen LogP contribution is -2.39. The van der Waals surface area contributed by atoms with Gasteiger partial charge in [0.2, 0.25) is 0 Å². The minimum absolute atomic E-state index is 0.500. The maximum Gasteiger partial charge on any atom is 0.332 e. The van der Waals surface area contributed by atoms with E-state index in [4.69, 9.17) is 24.1 Å². The molecule has 2 heterocycles. The van der Waals surface area contributed by atoms with Gasteiger partial charge in [-0.1, -0.05) is 0 Å². The van der Waals surface area contributed by atoms with E-state index in [0.29, 0.717) is 0 Å². The second-order valence-corrected chi connectivity index (χ2v) is 6.33. The number of benzene rings is 1. The summed E-state index contributed by atoms with van der Waals surface area (Å²) in [6.07, 6.45) is -5.00. The van der Waals surface area contributed by atoms with Crippen molar-refractivity contribution in [2.45, 2.75) is 24.4 Å². The first-order chi connectivity index (χ1) is 16.2. The highest BCUT2D eigenvalue weighted by Crippen LogP contribution is 2.55. The molecule has 2 aliphatic rings. The Labute approximate surface area is 192 Å². The molecule has 2 bridgehead atoms. The van der Waals surface area contributed by atoms with E-state index in [1.807, 2.05) is 0 Å². The quantitative estimate of drug-likeness (QED) is 0.207. The topological polar surface area (TPSA) is 125 Å². The molecule has 1 aromatic rings. The fourth-order valence-electron chi connectivity index (χ4n) is 3.29. The zero-order chi connectivity index (χ0) is 26.0. The lowest BCUT2D eigenvalue weighted by Gasteiger charge is -2.28. The summed E-state index contributed by atoms with van der Waals surface area (Å²) >= 11 is 0. The highest BCUT2D eigenvalue weighted by molar-refractivity contribution is 5.73. The van der Waals surface area contributed by atoms with Crippen LogP contribution in [-0.2, 0) is 33.3 Å². The first-order valence-electron chi connectivity index (χ1n) is 9.48. The van der Waals surface area contributed by atoms with Gasteiger partial charge >= 0.3 is 11.9 Å². The van der Waals surface area contributed by atoms with Crippen LogP contribution in [0.4, 0.5) is 17.6 Å². The van der Waals surface area contributed by atoms with Crippen molar-refractivity contribution < 1.29 is 55.9 Å². The third-order valence-electron chi connectivity index (χ3n) is 4.53. The number of hydrogen-bond acceptors (Lipinski definition) is 10. The largest absolute Gasteiger partial charge is 0.467 e. The Hall–Kier alpha value is -2.90. The lowest BCUT2D eigenvalue weighted by atomic mass is 9.86. The van der Waals surface area contributed by atoms with Crippen LogP contribution in [0.1, 0.15) is 23.3 Å². The average Bonchev–Trinajstić information content (AvgIpc) is 3.39. The predicted molar refractivity (Wildman–Crippen MR) is 106 cm³/mol. The van der Waals surface area contributed by atoms with Gasteiger partial charge < -0.3 is 28.8 Å². The van der Waals surface area contributed by atoms with Crippen molar-refractivity contribution in [3.8, 4) is 0 Å². The molecule has 0 aromatic heterocycles. The van der Waals surface area contributed by atoms with Crippen LogP contribution in [-0.4, -0.2) is 83.9 Å². The number of nitrogens with zero attached hydrogens (tertiary/aromatic N) is 2. The molecule has 10 nitrogen and oxygen atoms in total. The Bertz CT molecular complexity index is 934. The number of halogens is 4. The number of aliphatic hydroxyl groups is 1. The molecule has 0 aliphatic carbocycles. The van der Waals surface area contributed by atoms with E-state index in [2.05, 4.69) is 20.7 Å². The fraction of sp³-hybridized carbons (Fsp3) is 0.550. The van der Waals surface area contributed by atoms with Gasteiger partial charge in [-0.15, -0.1) is 0 Å². The van der Waals surface area contributed by atoms with E-state index in [9.17, 15) is 27.2 Å². The maximum atomic E-state index is 14.2. The second kappa shape index (κ2) is 13.7. The summed E-state index contributed by atoms with van der Waals surface area (Å²) in [4.78, 5) is 29.7. The molecule has 34 heavy (non-hydrogen) atoms. The van der Waals surface area contributed by atoms with Crippen molar-refractivity contribution >= 4 is 17.9 Å². The van der Waals surface area contributed by atoms with Gasteiger partial charge in [0.25, 0.3) is 0 Å². The Morgan fingerprint density at radius 2 is 1.35 bits per heavy atom. The van der Waals surface area contributed by atoms with Gasteiger partial charge in [0.15, 0.2) is 29.4 Å². The molecule has 2 unspecified atom stereocenters. The Kier molecular flexibility index (Phi) is 11.8. The molecule has 0 saturated carbocycles. The van der Waals surface area contributed by atoms with Crippen molar-refractivity contribution in [3.63, 3.8) is 0 Å². The number of carbonyl (C=O) groups is 2. The summed E-state index contributed by atoms with van der Waals surface area (Å²) in [7, 11) is 6.60. The van der Waals surface area contributed by atoms with Gasteiger partial charge in [0.05, 0.1) is 13.1 Å². The van der Waals surface area contributed by atoms with E-state index < -0.39 is 84.0 Å². The van der Waals surface area contributed by atoms with Crippen molar-refractivity contribution in [2.75, 3.05) is 48.6 Å². The first-order valence-corrected chi connectivity index (χ1v) is 9.48. The Morgan fingerprint density at radius 1 is 0.882 bits per heavy atom. The van der Waals surface area contributed by atoms with Crippen LogP contribution < -0.4 is 0 Å². The smallest absolute Gasteiger partial charge is 0.332 e.